The first-order chi connectivity index (χ1) is 25.4. The molecule has 264 valence electrons. The first-order valence-electron chi connectivity index (χ1n) is 17.9. The molecule has 0 saturated carbocycles. The van der Waals surface area contributed by atoms with Gasteiger partial charge in [-0.15, -0.1) is 16.5 Å². The third kappa shape index (κ3) is 6.01. The van der Waals surface area contributed by atoms with Gasteiger partial charge in [-0.3, -0.25) is 0 Å². The second-order valence-electron chi connectivity index (χ2n) is 14.2. The van der Waals surface area contributed by atoms with Gasteiger partial charge in [0.2, 0.25) is 0 Å². The van der Waals surface area contributed by atoms with Crippen LogP contribution in [0.25, 0.3) is 38.8 Å². The zero-order valence-electron chi connectivity index (χ0n) is 30.1. The number of para-hydroxylation sites is 4. The summed E-state index contributed by atoms with van der Waals surface area (Å²) in [6.07, 6.45) is 1.94. The van der Waals surface area contributed by atoms with Gasteiger partial charge in [0.05, 0.1) is 8.07 Å². The summed E-state index contributed by atoms with van der Waals surface area (Å²) in [5.41, 5.74) is 9.92. The van der Waals surface area contributed by atoms with Crippen LogP contribution in [-0.2, 0) is 21.1 Å². The molecule has 2 aromatic heterocycles. The maximum Gasteiger partial charge on any atom is 0.148 e. The molecule has 1 aliphatic heterocycles. The summed E-state index contributed by atoms with van der Waals surface area (Å²) in [6, 6.07) is 59.1. The van der Waals surface area contributed by atoms with Gasteiger partial charge < -0.3 is 4.57 Å². The average molecular weight is 887 g/mol. The monoisotopic (exact) mass is 886 g/mol. The molecule has 0 saturated heterocycles. The largest absolute Gasteiger partial charge is 0.319 e. The topological polar surface area (TPSA) is 37.1 Å². The van der Waals surface area contributed by atoms with Crippen molar-refractivity contribution in [1.29, 1.82) is 0 Å². The molecule has 8 aromatic rings. The fourth-order valence-electron chi connectivity index (χ4n) is 7.50. The third-order valence-electron chi connectivity index (χ3n) is 10.3. The van der Waals surface area contributed by atoms with Crippen LogP contribution in [0, 0.1) is 12.1 Å². The SMILES string of the molecule is CC(C)c1ccccc1-c1ccnc(-n2c3[c-]c([Si](C)(C)c4[c-]c(N5[OH+]N(c6ccccc6)c6ccccc65)ccc4)ccc3c3ccccc32)c1.[Pt]. The molecule has 0 unspecified atom stereocenters. The van der Waals surface area contributed by atoms with E-state index in [1.165, 1.54) is 32.3 Å². The Morgan fingerprint density at radius 1 is 0.642 bits per heavy atom. The number of hydrogen-bond donors (Lipinski definition) is 0. The van der Waals surface area contributed by atoms with E-state index >= 15 is 0 Å². The van der Waals surface area contributed by atoms with Gasteiger partial charge in [-0.1, -0.05) is 110 Å². The average Bonchev–Trinajstić information content (AvgIpc) is 3.74. The van der Waals surface area contributed by atoms with E-state index in [1.54, 1.807) is 0 Å². The Bertz CT molecular complexity index is 2600. The maximum atomic E-state index is 5.08. The van der Waals surface area contributed by atoms with Crippen molar-refractivity contribution in [2.45, 2.75) is 32.9 Å². The zero-order valence-corrected chi connectivity index (χ0v) is 33.3. The van der Waals surface area contributed by atoms with Crippen LogP contribution in [0.5, 0.6) is 0 Å². The van der Waals surface area contributed by atoms with Crippen LogP contribution >= 0.6 is 0 Å². The van der Waals surface area contributed by atoms with Crippen molar-refractivity contribution in [3.05, 3.63) is 169 Å². The molecule has 9 rings (SSSR count). The van der Waals surface area contributed by atoms with Gasteiger partial charge >= 0.3 is 0 Å². The first kappa shape index (κ1) is 34.8. The van der Waals surface area contributed by atoms with E-state index in [0.29, 0.717) is 5.92 Å². The minimum absolute atomic E-state index is 0. The number of pyridine rings is 1. The van der Waals surface area contributed by atoms with Crippen LogP contribution < -0.4 is 20.5 Å². The molecule has 0 aliphatic carbocycles. The van der Waals surface area contributed by atoms with Crippen molar-refractivity contribution < 1.29 is 26.0 Å². The van der Waals surface area contributed by atoms with Crippen LogP contribution in [0.3, 0.4) is 0 Å². The number of benzene rings is 6. The molecule has 0 amide bonds. The van der Waals surface area contributed by atoms with Crippen molar-refractivity contribution in [3.8, 4) is 16.9 Å². The van der Waals surface area contributed by atoms with Crippen LogP contribution in [0.4, 0.5) is 22.7 Å². The van der Waals surface area contributed by atoms with E-state index in [1.807, 2.05) is 34.5 Å². The van der Waals surface area contributed by atoms with Gasteiger partial charge in [-0.2, -0.15) is 51.7 Å². The Balaban J connectivity index is 0.00000400. The van der Waals surface area contributed by atoms with Gasteiger partial charge in [-0.05, 0) is 70.5 Å². The fourth-order valence-corrected chi connectivity index (χ4v) is 9.68. The standard InChI is InChI=1S/C46H38N4OSi.Pt/c1-32(2)38-19-8-9-20-39(38)33-27-28-47-46(29-33)48-42-22-11-10-21-40(42)41-26-25-37(31-45(41)48)52(3,4)36-18-14-17-35(30-36)50-44-24-13-12-23-43(44)49(51-50)34-15-6-5-7-16-34;/h5-29,32H,1-4H3;/q-2;/p+1. The quantitative estimate of drug-likeness (QED) is 0.0909. The molecule has 0 radical (unpaired) electrons. The molecule has 5 nitrogen and oxygen atoms in total. The summed E-state index contributed by atoms with van der Waals surface area (Å²) < 4.78 is 2.29. The number of nitrogens with zero attached hydrogens (tertiary/aromatic N) is 4. The van der Waals surface area contributed by atoms with Crippen molar-refractivity contribution in [1.82, 2.24) is 9.55 Å². The van der Waals surface area contributed by atoms with Crippen molar-refractivity contribution in [3.63, 3.8) is 0 Å². The Hall–Kier alpha value is -5.26. The molecular weight excluding hydrogens is 848 g/mol. The fraction of sp³-hybridized carbons (Fsp3) is 0.109. The summed E-state index contributed by atoms with van der Waals surface area (Å²) in [7, 11) is -2.31. The van der Waals surface area contributed by atoms with E-state index < -0.39 is 8.07 Å². The first-order valence-corrected chi connectivity index (χ1v) is 20.9. The predicted octanol–water partition coefficient (Wildman–Crippen LogP) is 10.5. The predicted molar refractivity (Wildman–Crippen MR) is 218 cm³/mol. The molecule has 0 spiro atoms. The van der Waals surface area contributed by atoms with Crippen LogP contribution in [0.2, 0.25) is 13.1 Å². The molecule has 7 heteroatoms. The van der Waals surface area contributed by atoms with Crippen molar-refractivity contribution in [2.75, 3.05) is 10.1 Å². The molecule has 1 N–H and O–H groups in total. The van der Waals surface area contributed by atoms with Gasteiger partial charge in [0, 0.05) is 38.5 Å². The van der Waals surface area contributed by atoms with E-state index in [9.17, 15) is 0 Å². The Morgan fingerprint density at radius 3 is 2.15 bits per heavy atom. The van der Waals surface area contributed by atoms with Crippen LogP contribution in [0.1, 0.15) is 25.3 Å². The number of aromatic nitrogens is 2. The van der Waals surface area contributed by atoms with Crippen LogP contribution in [-0.4, -0.2) is 22.6 Å². The molecule has 0 bridgehead atoms. The third-order valence-corrected chi connectivity index (χ3v) is 13.6. The second-order valence-corrected chi connectivity index (χ2v) is 18.6. The van der Waals surface area contributed by atoms with E-state index in [4.69, 9.17) is 9.92 Å². The normalized spacial score (nSPS) is 12.8. The van der Waals surface area contributed by atoms with Crippen molar-refractivity contribution >= 4 is 63.0 Å². The molecule has 53 heavy (non-hydrogen) atoms. The van der Waals surface area contributed by atoms with E-state index in [0.717, 1.165) is 45.2 Å². The Morgan fingerprint density at radius 2 is 1.34 bits per heavy atom. The molecule has 1 aliphatic rings. The molecule has 0 atom stereocenters. The maximum absolute atomic E-state index is 5.08. The van der Waals surface area contributed by atoms with E-state index in [2.05, 4.69) is 171 Å². The van der Waals surface area contributed by atoms with Gasteiger partial charge in [0.1, 0.15) is 22.9 Å². The molecule has 3 heterocycles. The number of hydrogen-bond acceptors (Lipinski definition) is 3. The van der Waals surface area contributed by atoms with Gasteiger partial charge in [0.25, 0.3) is 0 Å². The van der Waals surface area contributed by atoms with Crippen molar-refractivity contribution in [2.24, 2.45) is 0 Å². The summed E-state index contributed by atoms with van der Waals surface area (Å²) in [5.74, 6) is 1.30. The molecule has 6 aromatic carbocycles. The minimum Gasteiger partial charge on any atom is -0.319 e. The zero-order chi connectivity index (χ0) is 35.4. The molecular formula is C46H39N4OPtSi-. The number of rotatable bonds is 7. The Labute approximate surface area is 326 Å². The summed E-state index contributed by atoms with van der Waals surface area (Å²) >= 11 is 0. The number of fused-ring (bicyclic) bond motifs is 4. The van der Waals surface area contributed by atoms with Crippen LogP contribution in [0.15, 0.2) is 152 Å². The Kier molecular flexibility index (Phi) is 9.15. The second kappa shape index (κ2) is 13.9. The minimum atomic E-state index is -2.31. The summed E-state index contributed by atoms with van der Waals surface area (Å²) in [5, 5.41) is 8.79. The number of anilines is 4. The van der Waals surface area contributed by atoms with E-state index in [-0.39, 0.29) is 21.1 Å². The smallest absolute Gasteiger partial charge is 0.148 e. The summed E-state index contributed by atoms with van der Waals surface area (Å²) in [4.78, 5) is 10.0. The van der Waals surface area contributed by atoms with Gasteiger partial charge in [0.15, 0.2) is 0 Å². The summed E-state index contributed by atoms with van der Waals surface area (Å²) in [6.45, 7) is 9.28. The van der Waals surface area contributed by atoms with Gasteiger partial charge in [-0.25, -0.2) is 4.98 Å². The molecule has 0 fully saturated rings.